The Morgan fingerprint density at radius 3 is 2.33 bits per heavy atom. The summed E-state index contributed by atoms with van der Waals surface area (Å²) in [7, 11) is 5.80. The standard InChI is InChI=1S/C17H26N6O/c1-6-24-14-9-7-13(8-10-14)11-23(5)12(2)15-19-16(18)21-17(20-15)22(3)4/h7-10,12H,6,11H2,1-5H3,(H2,18,19,20,21). The average Bonchev–Trinajstić information content (AvgIpc) is 2.55. The van der Waals surface area contributed by atoms with Gasteiger partial charge in [0.15, 0.2) is 5.82 Å². The van der Waals surface area contributed by atoms with Crippen molar-refractivity contribution >= 4 is 11.9 Å². The third-order valence-electron chi connectivity index (χ3n) is 3.76. The minimum absolute atomic E-state index is 0.0144. The van der Waals surface area contributed by atoms with Crippen molar-refractivity contribution in [2.75, 3.05) is 38.4 Å². The number of nitrogen functional groups attached to an aromatic ring is 1. The molecule has 1 aromatic carbocycles. The number of nitrogens with zero attached hydrogens (tertiary/aromatic N) is 5. The van der Waals surface area contributed by atoms with Gasteiger partial charge in [-0.1, -0.05) is 12.1 Å². The zero-order valence-corrected chi connectivity index (χ0v) is 15.0. The zero-order valence-electron chi connectivity index (χ0n) is 15.0. The summed E-state index contributed by atoms with van der Waals surface area (Å²) in [5, 5.41) is 0. The van der Waals surface area contributed by atoms with E-state index >= 15 is 0 Å². The maximum atomic E-state index is 5.81. The lowest BCUT2D eigenvalue weighted by Gasteiger charge is -2.24. The van der Waals surface area contributed by atoms with E-state index in [4.69, 9.17) is 10.5 Å². The molecule has 0 aliphatic carbocycles. The Labute approximate surface area is 143 Å². The van der Waals surface area contributed by atoms with E-state index in [1.54, 1.807) is 0 Å². The highest BCUT2D eigenvalue weighted by atomic mass is 16.5. The van der Waals surface area contributed by atoms with Crippen molar-refractivity contribution in [2.24, 2.45) is 0 Å². The van der Waals surface area contributed by atoms with E-state index in [1.807, 2.05) is 45.1 Å². The molecule has 7 nitrogen and oxygen atoms in total. The Hall–Kier alpha value is -2.41. The minimum atomic E-state index is 0.0144. The first-order valence-corrected chi connectivity index (χ1v) is 8.01. The van der Waals surface area contributed by atoms with Crippen LogP contribution in [0.5, 0.6) is 5.75 Å². The first kappa shape index (κ1) is 17.9. The van der Waals surface area contributed by atoms with E-state index in [2.05, 4.69) is 38.9 Å². The summed E-state index contributed by atoms with van der Waals surface area (Å²) in [5.41, 5.74) is 7.01. The minimum Gasteiger partial charge on any atom is -0.494 e. The molecule has 2 aromatic rings. The van der Waals surface area contributed by atoms with Crippen molar-refractivity contribution in [3.8, 4) is 5.75 Å². The Morgan fingerprint density at radius 2 is 1.75 bits per heavy atom. The third-order valence-corrected chi connectivity index (χ3v) is 3.76. The number of hydrogen-bond acceptors (Lipinski definition) is 7. The van der Waals surface area contributed by atoms with E-state index in [1.165, 1.54) is 5.56 Å². The summed E-state index contributed by atoms with van der Waals surface area (Å²) in [6.07, 6.45) is 0. The van der Waals surface area contributed by atoms with E-state index in [0.29, 0.717) is 18.4 Å². The van der Waals surface area contributed by atoms with E-state index < -0.39 is 0 Å². The largest absolute Gasteiger partial charge is 0.494 e. The van der Waals surface area contributed by atoms with Gasteiger partial charge in [-0.05, 0) is 38.6 Å². The molecule has 2 rings (SSSR count). The van der Waals surface area contributed by atoms with Gasteiger partial charge in [0.25, 0.3) is 0 Å². The van der Waals surface area contributed by atoms with Crippen molar-refractivity contribution in [3.63, 3.8) is 0 Å². The van der Waals surface area contributed by atoms with Crippen molar-refractivity contribution in [1.29, 1.82) is 0 Å². The number of benzene rings is 1. The second-order valence-corrected chi connectivity index (χ2v) is 5.91. The Balaban J connectivity index is 2.10. The molecule has 1 atom stereocenters. The smallest absolute Gasteiger partial charge is 0.229 e. The van der Waals surface area contributed by atoms with Crippen molar-refractivity contribution in [1.82, 2.24) is 19.9 Å². The van der Waals surface area contributed by atoms with Gasteiger partial charge in [0.1, 0.15) is 5.75 Å². The predicted molar refractivity (Wildman–Crippen MR) is 96.1 cm³/mol. The maximum Gasteiger partial charge on any atom is 0.229 e. The number of rotatable bonds is 7. The molecule has 0 aliphatic heterocycles. The quantitative estimate of drug-likeness (QED) is 0.832. The van der Waals surface area contributed by atoms with E-state index in [9.17, 15) is 0 Å². The van der Waals surface area contributed by atoms with Gasteiger partial charge < -0.3 is 15.4 Å². The molecule has 0 saturated carbocycles. The van der Waals surface area contributed by atoms with Crippen LogP contribution in [0.2, 0.25) is 0 Å². The van der Waals surface area contributed by atoms with Crippen LogP contribution >= 0.6 is 0 Å². The van der Waals surface area contributed by atoms with Crippen molar-refractivity contribution < 1.29 is 4.74 Å². The first-order valence-electron chi connectivity index (χ1n) is 8.01. The van der Waals surface area contributed by atoms with Crippen LogP contribution in [0.15, 0.2) is 24.3 Å². The molecule has 1 aromatic heterocycles. The van der Waals surface area contributed by atoms with E-state index in [-0.39, 0.29) is 12.0 Å². The molecule has 1 unspecified atom stereocenters. The lowest BCUT2D eigenvalue weighted by atomic mass is 10.2. The molecule has 0 bridgehead atoms. The maximum absolute atomic E-state index is 5.81. The van der Waals surface area contributed by atoms with Gasteiger partial charge in [0.2, 0.25) is 11.9 Å². The summed E-state index contributed by atoms with van der Waals surface area (Å²) in [5.74, 6) is 2.36. The van der Waals surface area contributed by atoms with Gasteiger partial charge in [0, 0.05) is 20.6 Å². The molecule has 2 N–H and O–H groups in total. The second kappa shape index (κ2) is 7.92. The fraction of sp³-hybridized carbons (Fsp3) is 0.471. The molecule has 0 amide bonds. The van der Waals surface area contributed by atoms with Crippen LogP contribution in [0, 0.1) is 0 Å². The average molecular weight is 330 g/mol. The number of hydrogen-bond donors (Lipinski definition) is 1. The van der Waals surface area contributed by atoms with Crippen LogP contribution in [-0.4, -0.2) is 47.6 Å². The first-order chi connectivity index (χ1) is 11.4. The summed E-state index contributed by atoms with van der Waals surface area (Å²) in [6, 6.07) is 8.13. The van der Waals surface area contributed by atoms with Gasteiger partial charge in [0.05, 0.1) is 12.6 Å². The van der Waals surface area contributed by atoms with E-state index in [0.717, 1.165) is 12.3 Å². The predicted octanol–water partition coefficient (Wildman–Crippen LogP) is 2.11. The van der Waals surface area contributed by atoms with Crippen molar-refractivity contribution in [2.45, 2.75) is 26.4 Å². The van der Waals surface area contributed by atoms with Gasteiger partial charge in [-0.15, -0.1) is 0 Å². The molecule has 0 spiro atoms. The van der Waals surface area contributed by atoms with Crippen LogP contribution < -0.4 is 15.4 Å². The zero-order chi connectivity index (χ0) is 17.7. The number of nitrogens with two attached hydrogens (primary N) is 1. The second-order valence-electron chi connectivity index (χ2n) is 5.91. The van der Waals surface area contributed by atoms with Gasteiger partial charge in [-0.2, -0.15) is 15.0 Å². The third kappa shape index (κ3) is 4.55. The van der Waals surface area contributed by atoms with Crippen LogP contribution in [0.1, 0.15) is 31.3 Å². The van der Waals surface area contributed by atoms with Crippen molar-refractivity contribution in [3.05, 3.63) is 35.7 Å². The molecule has 130 valence electrons. The van der Waals surface area contributed by atoms with Crippen LogP contribution in [0.25, 0.3) is 0 Å². The normalized spacial score (nSPS) is 12.2. The van der Waals surface area contributed by atoms with Gasteiger partial charge in [-0.25, -0.2) is 0 Å². The summed E-state index contributed by atoms with van der Waals surface area (Å²) < 4.78 is 5.47. The molecule has 0 aliphatic rings. The number of ether oxygens (including phenoxy) is 1. The summed E-state index contributed by atoms with van der Waals surface area (Å²) in [4.78, 5) is 16.9. The molecule has 24 heavy (non-hydrogen) atoms. The Kier molecular flexibility index (Phi) is 5.92. The number of aromatic nitrogens is 3. The molecular formula is C17H26N6O. The van der Waals surface area contributed by atoms with Crippen LogP contribution in [0.3, 0.4) is 0 Å². The molecule has 1 heterocycles. The fourth-order valence-electron chi connectivity index (χ4n) is 2.26. The molecule has 0 saturated heterocycles. The monoisotopic (exact) mass is 330 g/mol. The SMILES string of the molecule is CCOc1ccc(CN(C)C(C)c2nc(N)nc(N(C)C)n2)cc1. The van der Waals surface area contributed by atoms with Gasteiger partial charge in [-0.3, -0.25) is 4.90 Å². The highest BCUT2D eigenvalue weighted by Gasteiger charge is 2.17. The lowest BCUT2D eigenvalue weighted by molar-refractivity contribution is 0.243. The lowest BCUT2D eigenvalue weighted by Crippen LogP contribution is -2.25. The molecule has 0 fully saturated rings. The van der Waals surface area contributed by atoms with Gasteiger partial charge >= 0.3 is 0 Å². The highest BCUT2D eigenvalue weighted by molar-refractivity contribution is 5.33. The summed E-state index contributed by atoms with van der Waals surface area (Å²) in [6.45, 7) is 5.48. The highest BCUT2D eigenvalue weighted by Crippen LogP contribution is 2.21. The van der Waals surface area contributed by atoms with Crippen LogP contribution in [-0.2, 0) is 6.54 Å². The topological polar surface area (TPSA) is 80.4 Å². The van der Waals surface area contributed by atoms with Crippen LogP contribution in [0.4, 0.5) is 11.9 Å². The molecule has 7 heteroatoms. The summed E-state index contributed by atoms with van der Waals surface area (Å²) >= 11 is 0. The Morgan fingerprint density at radius 1 is 1.08 bits per heavy atom. The Bertz CT molecular complexity index is 659. The number of anilines is 2. The fourth-order valence-corrected chi connectivity index (χ4v) is 2.26. The molecular weight excluding hydrogens is 304 g/mol. The molecule has 0 radical (unpaired) electrons.